The Morgan fingerprint density at radius 1 is 1.67 bits per heavy atom. The van der Waals surface area contributed by atoms with E-state index in [9.17, 15) is 9.18 Å². The fraction of sp³-hybridized carbons (Fsp3) is 0.222. The Morgan fingerprint density at radius 3 is 2.80 bits per heavy atom. The molecule has 6 heteroatoms. The fourth-order valence-corrected chi connectivity index (χ4v) is 0.945. The first-order valence-electron chi connectivity index (χ1n) is 4.28. The van der Waals surface area contributed by atoms with Gasteiger partial charge in [0.25, 0.3) is 0 Å². The first-order chi connectivity index (χ1) is 7.04. The van der Waals surface area contributed by atoms with E-state index < -0.39 is 11.9 Å². The third-order valence-corrected chi connectivity index (χ3v) is 1.68. The number of hydrogen-bond donors (Lipinski definition) is 2. The highest BCUT2D eigenvalue weighted by Crippen LogP contribution is 2.19. The van der Waals surface area contributed by atoms with Crippen LogP contribution in [0.15, 0.2) is 18.2 Å². The zero-order chi connectivity index (χ0) is 11.4. The Hall–Kier alpha value is -1.98. The lowest BCUT2D eigenvalue weighted by Gasteiger charge is -2.17. The number of benzene rings is 1. The number of halogens is 1. The van der Waals surface area contributed by atoms with E-state index in [-0.39, 0.29) is 18.0 Å². The van der Waals surface area contributed by atoms with Crippen molar-refractivity contribution in [2.24, 2.45) is 0 Å². The summed E-state index contributed by atoms with van der Waals surface area (Å²) in [6.45, 7) is 1.77. The fourth-order valence-electron chi connectivity index (χ4n) is 0.945. The van der Waals surface area contributed by atoms with Gasteiger partial charge in [-0.2, -0.15) is 0 Å². The molecule has 0 unspecified atom stereocenters. The summed E-state index contributed by atoms with van der Waals surface area (Å²) in [6, 6.07) is 3.64. The number of carbonyl (C=O) groups is 1. The van der Waals surface area contributed by atoms with Crippen LogP contribution in [0.3, 0.4) is 0 Å². The topological polar surface area (TPSA) is 75.8 Å². The number of hydrogen-bond acceptors (Lipinski definition) is 3. The van der Waals surface area contributed by atoms with Crippen molar-refractivity contribution in [1.82, 2.24) is 5.06 Å². The van der Waals surface area contributed by atoms with Crippen LogP contribution in [0.2, 0.25) is 0 Å². The Bertz CT molecular complexity index is 370. The summed E-state index contributed by atoms with van der Waals surface area (Å²) in [4.78, 5) is 15.5. The van der Waals surface area contributed by atoms with Crippen molar-refractivity contribution >= 4 is 11.8 Å². The molecule has 0 radical (unpaired) electrons. The molecule has 0 aliphatic heterocycles. The molecule has 0 aromatic heterocycles. The highest BCUT2D eigenvalue weighted by molar-refractivity contribution is 5.63. The summed E-state index contributed by atoms with van der Waals surface area (Å²) < 4.78 is 12.8. The third-order valence-electron chi connectivity index (χ3n) is 1.68. The van der Waals surface area contributed by atoms with Gasteiger partial charge in [0.1, 0.15) is 5.82 Å². The van der Waals surface area contributed by atoms with E-state index in [1.807, 2.05) is 0 Å². The quantitative estimate of drug-likeness (QED) is 0.593. The molecule has 0 heterocycles. The second kappa shape index (κ2) is 4.50. The number of anilines is 1. The molecule has 0 aliphatic rings. The number of nitrogens with zero attached hydrogens (tertiary/aromatic N) is 1. The van der Waals surface area contributed by atoms with Crippen LogP contribution in [0.4, 0.5) is 14.9 Å². The Morgan fingerprint density at radius 2 is 2.33 bits per heavy atom. The largest absolute Gasteiger partial charge is 0.463 e. The number of carboxylic acid groups (broad SMARTS) is 1. The van der Waals surface area contributed by atoms with Gasteiger partial charge >= 0.3 is 6.09 Å². The minimum Gasteiger partial charge on any atom is -0.463 e. The molecular formula is C9H11FN2O3. The van der Waals surface area contributed by atoms with Crippen LogP contribution in [0.25, 0.3) is 0 Å². The predicted molar refractivity (Wildman–Crippen MR) is 51.8 cm³/mol. The Balaban J connectivity index is 2.80. The molecule has 82 valence electrons. The highest BCUT2D eigenvalue weighted by atomic mass is 19.1. The van der Waals surface area contributed by atoms with E-state index in [1.54, 1.807) is 6.92 Å². The molecule has 0 aliphatic carbocycles. The van der Waals surface area contributed by atoms with Crippen molar-refractivity contribution in [3.05, 3.63) is 24.0 Å². The molecule has 1 aromatic rings. The zero-order valence-electron chi connectivity index (χ0n) is 8.11. The van der Waals surface area contributed by atoms with Gasteiger partial charge in [-0.3, -0.25) is 0 Å². The molecule has 0 fully saturated rings. The molecule has 0 bridgehead atoms. The van der Waals surface area contributed by atoms with E-state index in [2.05, 4.69) is 0 Å². The van der Waals surface area contributed by atoms with E-state index in [0.717, 1.165) is 6.07 Å². The third kappa shape index (κ3) is 2.73. The molecule has 1 rings (SSSR count). The molecule has 5 nitrogen and oxygen atoms in total. The molecule has 3 N–H and O–H groups in total. The molecule has 0 saturated carbocycles. The molecule has 1 amide bonds. The number of rotatable bonds is 3. The standard InChI is InChI=1S/C9H11FN2O3/c1-2-12(9(13)14)15-6-3-4-7(10)8(11)5-6/h3-5H,2,11H2,1H3,(H,13,14). The monoisotopic (exact) mass is 214 g/mol. The van der Waals surface area contributed by atoms with Gasteiger partial charge in [-0.25, -0.2) is 9.18 Å². The van der Waals surface area contributed by atoms with Gasteiger partial charge in [0.2, 0.25) is 0 Å². The SMILES string of the molecule is CCN(Oc1ccc(F)c(N)c1)C(=O)O. The number of nitrogens with two attached hydrogens (primary N) is 1. The second-order valence-corrected chi connectivity index (χ2v) is 2.75. The first kappa shape index (κ1) is 11.1. The molecule has 0 saturated heterocycles. The van der Waals surface area contributed by atoms with Gasteiger partial charge in [0.15, 0.2) is 5.75 Å². The average Bonchev–Trinajstić information content (AvgIpc) is 2.19. The van der Waals surface area contributed by atoms with Gasteiger partial charge < -0.3 is 15.7 Å². The maximum atomic E-state index is 12.8. The van der Waals surface area contributed by atoms with Crippen LogP contribution in [-0.4, -0.2) is 22.8 Å². The summed E-state index contributed by atoms with van der Waals surface area (Å²) in [6.07, 6.45) is -1.22. The lowest BCUT2D eigenvalue weighted by Crippen LogP contribution is -2.32. The first-order valence-corrected chi connectivity index (χ1v) is 4.28. The van der Waals surface area contributed by atoms with Crippen LogP contribution in [-0.2, 0) is 0 Å². The normalized spacial score (nSPS) is 9.73. The van der Waals surface area contributed by atoms with Gasteiger partial charge in [0, 0.05) is 6.07 Å². The zero-order valence-corrected chi connectivity index (χ0v) is 8.11. The van der Waals surface area contributed by atoms with Gasteiger partial charge in [-0.1, -0.05) is 0 Å². The van der Waals surface area contributed by atoms with E-state index in [4.69, 9.17) is 15.7 Å². The van der Waals surface area contributed by atoms with Crippen LogP contribution in [0.5, 0.6) is 5.75 Å². The second-order valence-electron chi connectivity index (χ2n) is 2.75. The molecule has 15 heavy (non-hydrogen) atoms. The Labute approximate surface area is 85.8 Å². The van der Waals surface area contributed by atoms with Crippen molar-refractivity contribution in [3.8, 4) is 5.75 Å². The van der Waals surface area contributed by atoms with Crippen LogP contribution in [0.1, 0.15) is 6.92 Å². The predicted octanol–water partition coefficient (Wildman–Crippen LogP) is 1.70. The summed E-state index contributed by atoms with van der Waals surface area (Å²) in [5, 5.41) is 9.37. The van der Waals surface area contributed by atoms with Gasteiger partial charge in [-0.15, -0.1) is 5.06 Å². The average molecular weight is 214 g/mol. The van der Waals surface area contributed by atoms with E-state index >= 15 is 0 Å². The molecule has 0 atom stereocenters. The maximum Gasteiger partial charge on any atom is 0.440 e. The van der Waals surface area contributed by atoms with Crippen molar-refractivity contribution < 1.29 is 19.1 Å². The number of amides is 1. The number of nitrogen functional groups attached to an aromatic ring is 1. The van der Waals surface area contributed by atoms with E-state index in [1.165, 1.54) is 12.1 Å². The molecule has 1 aromatic carbocycles. The summed E-state index contributed by atoms with van der Waals surface area (Å²) in [5.74, 6) is -0.390. The van der Waals surface area contributed by atoms with Crippen LogP contribution in [0, 0.1) is 5.82 Å². The van der Waals surface area contributed by atoms with Crippen molar-refractivity contribution in [1.29, 1.82) is 0 Å². The van der Waals surface area contributed by atoms with E-state index in [0.29, 0.717) is 5.06 Å². The number of hydroxylamine groups is 2. The van der Waals surface area contributed by atoms with Crippen molar-refractivity contribution in [2.45, 2.75) is 6.92 Å². The maximum absolute atomic E-state index is 12.8. The molecule has 0 spiro atoms. The minimum atomic E-state index is -1.22. The summed E-state index contributed by atoms with van der Waals surface area (Å²) in [7, 11) is 0. The van der Waals surface area contributed by atoms with Crippen LogP contribution >= 0.6 is 0 Å². The van der Waals surface area contributed by atoms with Crippen molar-refractivity contribution in [2.75, 3.05) is 12.3 Å². The van der Waals surface area contributed by atoms with Gasteiger partial charge in [0.05, 0.1) is 12.2 Å². The Kier molecular flexibility index (Phi) is 3.33. The van der Waals surface area contributed by atoms with Crippen LogP contribution < -0.4 is 10.6 Å². The lowest BCUT2D eigenvalue weighted by molar-refractivity contribution is -0.0315. The van der Waals surface area contributed by atoms with Crippen molar-refractivity contribution in [3.63, 3.8) is 0 Å². The molecular weight excluding hydrogens is 203 g/mol. The minimum absolute atomic E-state index is 0.0889. The lowest BCUT2D eigenvalue weighted by atomic mass is 10.3. The van der Waals surface area contributed by atoms with Gasteiger partial charge in [-0.05, 0) is 19.1 Å². The smallest absolute Gasteiger partial charge is 0.440 e. The summed E-state index contributed by atoms with van der Waals surface area (Å²) in [5.41, 5.74) is 5.20. The summed E-state index contributed by atoms with van der Waals surface area (Å²) >= 11 is 0. The highest BCUT2D eigenvalue weighted by Gasteiger charge is 2.11.